The lowest BCUT2D eigenvalue weighted by Crippen LogP contribution is -2.70. The third-order valence-corrected chi connectivity index (χ3v) is 8.18. The molecule has 0 radical (unpaired) electrons. The summed E-state index contributed by atoms with van der Waals surface area (Å²) in [5.74, 6) is -1.93. The SMILES string of the molecule is CC(CN(C)C(=O)C1(NC(=O)OCC2c3ccccc3-c3ccccc32)CC2(CCC2)C1)C(=O)O. The van der Waals surface area contributed by atoms with E-state index in [0.717, 1.165) is 41.5 Å². The van der Waals surface area contributed by atoms with Crippen molar-refractivity contribution in [3.05, 3.63) is 59.7 Å². The Hall–Kier alpha value is -3.35. The second kappa shape index (κ2) is 8.70. The molecule has 1 unspecified atom stereocenters. The highest BCUT2D eigenvalue weighted by Crippen LogP contribution is 2.60. The number of hydrogen-bond acceptors (Lipinski definition) is 4. The van der Waals surface area contributed by atoms with Crippen LogP contribution in [0.25, 0.3) is 11.1 Å². The maximum Gasteiger partial charge on any atom is 0.408 e. The summed E-state index contributed by atoms with van der Waals surface area (Å²) in [5, 5.41) is 12.2. The molecule has 2 aromatic rings. The predicted octanol–water partition coefficient (Wildman–Crippen LogP) is 4.41. The quantitative estimate of drug-likeness (QED) is 0.617. The van der Waals surface area contributed by atoms with Gasteiger partial charge in [0.05, 0.1) is 5.92 Å². The van der Waals surface area contributed by atoms with Gasteiger partial charge in [-0.2, -0.15) is 0 Å². The van der Waals surface area contributed by atoms with Gasteiger partial charge in [0.15, 0.2) is 0 Å². The first kappa shape index (κ1) is 23.4. The summed E-state index contributed by atoms with van der Waals surface area (Å²) in [6.45, 7) is 1.85. The molecule has 35 heavy (non-hydrogen) atoms. The minimum absolute atomic E-state index is 0.0572. The number of nitrogens with zero attached hydrogens (tertiary/aromatic N) is 1. The van der Waals surface area contributed by atoms with Crippen molar-refractivity contribution >= 4 is 18.0 Å². The van der Waals surface area contributed by atoms with Gasteiger partial charge in [-0.3, -0.25) is 9.59 Å². The van der Waals surface area contributed by atoms with Crippen LogP contribution in [0.2, 0.25) is 0 Å². The summed E-state index contributed by atoms with van der Waals surface area (Å²) in [6.07, 6.45) is 3.81. The summed E-state index contributed by atoms with van der Waals surface area (Å²) in [5.41, 5.74) is 3.66. The lowest BCUT2D eigenvalue weighted by molar-refractivity contribution is -0.155. The first-order chi connectivity index (χ1) is 16.7. The highest BCUT2D eigenvalue weighted by Gasteiger charge is 2.62. The summed E-state index contributed by atoms with van der Waals surface area (Å²) in [6, 6.07) is 16.3. The van der Waals surface area contributed by atoms with E-state index in [4.69, 9.17) is 4.74 Å². The maximum atomic E-state index is 13.4. The molecule has 1 spiro atoms. The molecule has 0 aliphatic heterocycles. The number of likely N-dealkylation sites (N-methyl/N-ethyl adjacent to an activating group) is 1. The molecule has 0 bridgehead atoms. The van der Waals surface area contributed by atoms with Crippen molar-refractivity contribution < 1.29 is 24.2 Å². The van der Waals surface area contributed by atoms with Crippen molar-refractivity contribution in [3.8, 4) is 11.1 Å². The molecule has 2 saturated carbocycles. The summed E-state index contributed by atoms with van der Waals surface area (Å²) < 4.78 is 5.73. The smallest absolute Gasteiger partial charge is 0.408 e. The average molecular weight is 477 g/mol. The van der Waals surface area contributed by atoms with Crippen molar-refractivity contribution in [3.63, 3.8) is 0 Å². The summed E-state index contributed by atoms with van der Waals surface area (Å²) in [4.78, 5) is 39.2. The number of carbonyl (C=O) groups is 3. The van der Waals surface area contributed by atoms with Gasteiger partial charge in [0.25, 0.3) is 0 Å². The molecule has 2 aromatic carbocycles. The second-order valence-electron chi connectivity index (χ2n) is 10.7. The van der Waals surface area contributed by atoms with Crippen LogP contribution in [0.5, 0.6) is 0 Å². The normalized spacial score (nSPS) is 19.5. The zero-order valence-corrected chi connectivity index (χ0v) is 20.3. The van der Waals surface area contributed by atoms with Crippen LogP contribution in [0.3, 0.4) is 0 Å². The third kappa shape index (κ3) is 4.07. The number of ether oxygens (including phenoxy) is 1. The van der Waals surface area contributed by atoms with E-state index in [1.807, 2.05) is 24.3 Å². The van der Waals surface area contributed by atoms with Crippen LogP contribution in [0.1, 0.15) is 56.1 Å². The average Bonchev–Trinajstić information content (AvgIpc) is 3.11. The Morgan fingerprint density at radius 3 is 2.14 bits per heavy atom. The van der Waals surface area contributed by atoms with Crippen LogP contribution < -0.4 is 5.32 Å². The molecular formula is C28H32N2O5. The van der Waals surface area contributed by atoms with E-state index < -0.39 is 23.5 Å². The fraction of sp³-hybridized carbons (Fsp3) is 0.464. The number of aliphatic carboxylic acids is 1. The van der Waals surface area contributed by atoms with Crippen molar-refractivity contribution in [1.82, 2.24) is 10.2 Å². The Labute approximate surface area is 205 Å². The molecule has 2 fully saturated rings. The number of amides is 2. The first-order valence-corrected chi connectivity index (χ1v) is 12.4. The molecule has 0 heterocycles. The topological polar surface area (TPSA) is 95.9 Å². The molecule has 7 heteroatoms. The zero-order valence-electron chi connectivity index (χ0n) is 20.3. The fourth-order valence-corrected chi connectivity index (χ4v) is 6.32. The molecule has 2 N–H and O–H groups in total. The number of benzene rings is 2. The molecule has 184 valence electrons. The van der Waals surface area contributed by atoms with Crippen LogP contribution in [-0.2, 0) is 14.3 Å². The minimum Gasteiger partial charge on any atom is -0.481 e. The number of fused-ring (bicyclic) bond motifs is 3. The number of nitrogens with one attached hydrogen (secondary N) is 1. The van der Waals surface area contributed by atoms with Gasteiger partial charge >= 0.3 is 12.1 Å². The van der Waals surface area contributed by atoms with Gasteiger partial charge < -0.3 is 20.1 Å². The zero-order chi connectivity index (χ0) is 24.8. The van der Waals surface area contributed by atoms with Crippen molar-refractivity contribution in [1.29, 1.82) is 0 Å². The molecule has 5 rings (SSSR count). The van der Waals surface area contributed by atoms with Crippen LogP contribution in [0.15, 0.2) is 48.5 Å². The predicted molar refractivity (Wildman–Crippen MR) is 131 cm³/mol. The largest absolute Gasteiger partial charge is 0.481 e. The van der Waals surface area contributed by atoms with E-state index in [-0.39, 0.29) is 30.4 Å². The van der Waals surface area contributed by atoms with Crippen LogP contribution >= 0.6 is 0 Å². The minimum atomic E-state index is -1.03. The molecule has 0 aromatic heterocycles. The number of rotatable bonds is 7. The van der Waals surface area contributed by atoms with E-state index in [2.05, 4.69) is 29.6 Å². The summed E-state index contributed by atoms with van der Waals surface area (Å²) >= 11 is 0. The van der Waals surface area contributed by atoms with Gasteiger partial charge in [-0.15, -0.1) is 0 Å². The summed E-state index contributed by atoms with van der Waals surface area (Å²) in [7, 11) is 1.61. The number of carboxylic acid groups (broad SMARTS) is 1. The van der Waals surface area contributed by atoms with Gasteiger partial charge in [0.1, 0.15) is 12.1 Å². The lowest BCUT2D eigenvalue weighted by atomic mass is 9.48. The van der Waals surface area contributed by atoms with E-state index in [1.54, 1.807) is 14.0 Å². The molecule has 1 atom stereocenters. The standard InChI is InChI=1S/C28H32N2O5/c1-18(24(31)32)14-30(2)25(33)28(16-27(17-28)12-7-13-27)29-26(34)35-15-23-21-10-5-3-8-19(21)20-9-4-6-11-22(20)23/h3-6,8-11,18,23H,7,12-17H2,1-2H3,(H,29,34)(H,31,32). The van der Waals surface area contributed by atoms with Crippen molar-refractivity contribution in [2.24, 2.45) is 11.3 Å². The Morgan fingerprint density at radius 2 is 1.63 bits per heavy atom. The van der Waals surface area contributed by atoms with E-state index >= 15 is 0 Å². The van der Waals surface area contributed by atoms with Crippen LogP contribution in [0, 0.1) is 11.3 Å². The monoisotopic (exact) mass is 476 g/mol. The second-order valence-corrected chi connectivity index (χ2v) is 10.7. The molecule has 0 saturated heterocycles. The Balaban J connectivity index is 1.28. The highest BCUT2D eigenvalue weighted by molar-refractivity contribution is 5.91. The maximum absolute atomic E-state index is 13.4. The number of hydrogen-bond donors (Lipinski definition) is 2. The first-order valence-electron chi connectivity index (χ1n) is 12.4. The van der Waals surface area contributed by atoms with Crippen molar-refractivity contribution in [2.75, 3.05) is 20.2 Å². The number of carboxylic acids is 1. The van der Waals surface area contributed by atoms with Gasteiger partial charge in [0.2, 0.25) is 5.91 Å². The molecule has 2 amide bonds. The number of alkyl carbamates (subject to hydrolysis) is 1. The van der Waals surface area contributed by atoms with E-state index in [1.165, 1.54) is 4.90 Å². The van der Waals surface area contributed by atoms with Crippen LogP contribution in [-0.4, -0.2) is 53.7 Å². The molecule has 3 aliphatic rings. The molecule has 7 nitrogen and oxygen atoms in total. The fourth-order valence-electron chi connectivity index (χ4n) is 6.32. The van der Waals surface area contributed by atoms with E-state index in [0.29, 0.717) is 12.8 Å². The Kier molecular flexibility index (Phi) is 5.82. The Morgan fingerprint density at radius 1 is 1.06 bits per heavy atom. The Bertz CT molecular complexity index is 1120. The van der Waals surface area contributed by atoms with Gasteiger partial charge in [-0.1, -0.05) is 61.9 Å². The van der Waals surface area contributed by atoms with Crippen LogP contribution in [0.4, 0.5) is 4.79 Å². The van der Waals surface area contributed by atoms with Crippen molar-refractivity contribution in [2.45, 2.75) is 50.5 Å². The van der Waals surface area contributed by atoms with Gasteiger partial charge in [-0.05, 0) is 53.4 Å². The molecular weight excluding hydrogens is 444 g/mol. The third-order valence-electron chi connectivity index (χ3n) is 8.18. The number of carbonyl (C=O) groups excluding carboxylic acids is 2. The highest BCUT2D eigenvalue weighted by atomic mass is 16.5. The van der Waals surface area contributed by atoms with Gasteiger partial charge in [-0.25, -0.2) is 4.79 Å². The molecule has 3 aliphatic carbocycles. The van der Waals surface area contributed by atoms with Gasteiger partial charge in [0, 0.05) is 19.5 Å². The van der Waals surface area contributed by atoms with E-state index in [9.17, 15) is 19.5 Å². The lowest BCUT2D eigenvalue weighted by Gasteiger charge is -2.60.